The highest BCUT2D eigenvalue weighted by Gasteiger charge is 2.02. The summed E-state index contributed by atoms with van der Waals surface area (Å²) < 4.78 is 1.06. The molecule has 0 unspecified atom stereocenters. The predicted molar refractivity (Wildman–Crippen MR) is 93.7 cm³/mol. The maximum atomic E-state index is 10.6. The minimum atomic E-state index is -0.394. The van der Waals surface area contributed by atoms with Gasteiger partial charge in [-0.15, -0.1) is 0 Å². The summed E-state index contributed by atoms with van der Waals surface area (Å²) in [6.07, 6.45) is 3.95. The number of hydrogen-bond acceptors (Lipinski definition) is 2. The van der Waals surface area contributed by atoms with Crippen LogP contribution in [0.3, 0.4) is 0 Å². The third kappa shape index (κ3) is 3.23. The number of nitro benzene ring substituents is 1. The zero-order valence-electron chi connectivity index (χ0n) is 11.6. The average Bonchev–Trinajstić information content (AvgIpc) is 2.53. The highest BCUT2D eigenvalue weighted by Crippen LogP contribution is 2.22. The average molecular weight is 354 g/mol. The molecule has 108 valence electrons. The minimum absolute atomic E-state index is 0.105. The van der Waals surface area contributed by atoms with Crippen LogP contribution in [-0.4, -0.2) is 4.92 Å². The molecular formula is C18H12BrNO2. The zero-order valence-corrected chi connectivity index (χ0v) is 13.2. The van der Waals surface area contributed by atoms with Crippen LogP contribution >= 0.6 is 15.9 Å². The third-order valence-corrected chi connectivity index (χ3v) is 3.89. The molecule has 0 amide bonds. The van der Waals surface area contributed by atoms with Crippen LogP contribution in [0, 0.1) is 10.1 Å². The van der Waals surface area contributed by atoms with Crippen molar-refractivity contribution in [3.63, 3.8) is 0 Å². The molecule has 22 heavy (non-hydrogen) atoms. The lowest BCUT2D eigenvalue weighted by Crippen LogP contribution is -1.86. The van der Waals surface area contributed by atoms with Crippen molar-refractivity contribution in [1.82, 2.24) is 0 Å². The summed E-state index contributed by atoms with van der Waals surface area (Å²) in [6.45, 7) is 0. The quantitative estimate of drug-likeness (QED) is 0.345. The highest BCUT2D eigenvalue weighted by molar-refractivity contribution is 9.10. The van der Waals surface area contributed by atoms with Crippen LogP contribution in [0.15, 0.2) is 65.1 Å². The lowest BCUT2D eigenvalue weighted by Gasteiger charge is -2.01. The molecule has 0 aliphatic rings. The minimum Gasteiger partial charge on any atom is -0.258 e. The van der Waals surface area contributed by atoms with Gasteiger partial charge in [-0.2, -0.15) is 0 Å². The molecule has 0 atom stereocenters. The first kappa shape index (κ1) is 14.5. The van der Waals surface area contributed by atoms with Gasteiger partial charge in [0, 0.05) is 16.6 Å². The Morgan fingerprint density at radius 1 is 0.818 bits per heavy atom. The Kier molecular flexibility index (Phi) is 4.02. The van der Waals surface area contributed by atoms with Crippen molar-refractivity contribution in [3.8, 4) is 0 Å². The molecule has 3 rings (SSSR count). The Morgan fingerprint density at radius 3 is 2.14 bits per heavy atom. The van der Waals surface area contributed by atoms with Crippen molar-refractivity contribution in [2.24, 2.45) is 0 Å². The Hall–Kier alpha value is -2.46. The van der Waals surface area contributed by atoms with E-state index >= 15 is 0 Å². The normalized spacial score (nSPS) is 11.1. The smallest absolute Gasteiger partial charge is 0.258 e. The van der Waals surface area contributed by atoms with Crippen LogP contribution in [0.4, 0.5) is 5.69 Å². The van der Waals surface area contributed by atoms with Crippen LogP contribution in [-0.2, 0) is 0 Å². The van der Waals surface area contributed by atoms with E-state index in [2.05, 4.69) is 46.3 Å². The van der Waals surface area contributed by atoms with E-state index < -0.39 is 4.92 Å². The molecule has 0 aromatic heterocycles. The van der Waals surface area contributed by atoms with E-state index in [0.29, 0.717) is 0 Å². The number of nitro groups is 1. The second-order valence-electron chi connectivity index (χ2n) is 4.93. The van der Waals surface area contributed by atoms with Crippen LogP contribution in [0.2, 0.25) is 0 Å². The molecule has 0 aliphatic heterocycles. The highest BCUT2D eigenvalue weighted by atomic mass is 79.9. The lowest BCUT2D eigenvalue weighted by molar-refractivity contribution is -0.384. The van der Waals surface area contributed by atoms with Gasteiger partial charge in [-0.05, 0) is 52.2 Å². The molecular weight excluding hydrogens is 342 g/mol. The standard InChI is InChI=1S/C18H12BrNO2/c19-17-8-7-15-11-14(3-6-16(15)12-17)2-1-13-4-9-18(10-5-13)20(21)22/h1-12H/b2-1+. The fourth-order valence-corrected chi connectivity index (χ4v) is 2.62. The van der Waals surface area contributed by atoms with Gasteiger partial charge in [0.1, 0.15) is 0 Å². The SMILES string of the molecule is O=[N+]([O-])c1ccc(/C=C/c2ccc3cc(Br)ccc3c2)cc1. The van der Waals surface area contributed by atoms with E-state index in [1.165, 1.54) is 22.9 Å². The molecule has 0 bridgehead atoms. The number of benzene rings is 3. The monoisotopic (exact) mass is 353 g/mol. The van der Waals surface area contributed by atoms with Gasteiger partial charge in [-0.25, -0.2) is 0 Å². The first-order valence-corrected chi connectivity index (χ1v) is 7.53. The fourth-order valence-electron chi connectivity index (χ4n) is 2.24. The third-order valence-electron chi connectivity index (χ3n) is 3.40. The summed E-state index contributed by atoms with van der Waals surface area (Å²) >= 11 is 3.47. The van der Waals surface area contributed by atoms with Crippen molar-refractivity contribution in [2.45, 2.75) is 0 Å². The Morgan fingerprint density at radius 2 is 1.41 bits per heavy atom. The summed E-state index contributed by atoms with van der Waals surface area (Å²) in [4.78, 5) is 10.2. The van der Waals surface area contributed by atoms with Crippen molar-refractivity contribution < 1.29 is 4.92 Å². The number of nitrogens with zero attached hydrogens (tertiary/aromatic N) is 1. The molecule has 0 saturated heterocycles. The van der Waals surface area contributed by atoms with Gasteiger partial charge >= 0.3 is 0 Å². The van der Waals surface area contributed by atoms with Crippen LogP contribution in [0.5, 0.6) is 0 Å². The van der Waals surface area contributed by atoms with Gasteiger partial charge in [-0.3, -0.25) is 10.1 Å². The van der Waals surface area contributed by atoms with Crippen molar-refractivity contribution in [2.75, 3.05) is 0 Å². The van der Waals surface area contributed by atoms with Gasteiger partial charge in [-0.1, -0.05) is 46.3 Å². The van der Waals surface area contributed by atoms with Gasteiger partial charge in [0.25, 0.3) is 5.69 Å². The van der Waals surface area contributed by atoms with Gasteiger partial charge in [0.15, 0.2) is 0 Å². The first-order chi connectivity index (χ1) is 10.6. The molecule has 3 aromatic carbocycles. The number of fused-ring (bicyclic) bond motifs is 1. The predicted octanol–water partition coefficient (Wildman–Crippen LogP) is 5.68. The Labute approximate surface area is 136 Å². The van der Waals surface area contributed by atoms with E-state index in [-0.39, 0.29) is 5.69 Å². The van der Waals surface area contributed by atoms with E-state index in [1.54, 1.807) is 12.1 Å². The summed E-state index contributed by atoms with van der Waals surface area (Å²) in [7, 11) is 0. The van der Waals surface area contributed by atoms with E-state index in [9.17, 15) is 10.1 Å². The van der Waals surface area contributed by atoms with Crippen LogP contribution in [0.1, 0.15) is 11.1 Å². The number of non-ortho nitro benzene ring substituents is 1. The van der Waals surface area contributed by atoms with E-state index in [4.69, 9.17) is 0 Å². The zero-order chi connectivity index (χ0) is 15.5. The fraction of sp³-hybridized carbons (Fsp3) is 0. The topological polar surface area (TPSA) is 43.1 Å². The van der Waals surface area contributed by atoms with Crippen molar-refractivity contribution >= 4 is 44.5 Å². The second-order valence-corrected chi connectivity index (χ2v) is 5.85. The molecule has 0 radical (unpaired) electrons. The van der Waals surface area contributed by atoms with E-state index in [0.717, 1.165) is 15.6 Å². The first-order valence-electron chi connectivity index (χ1n) is 6.74. The van der Waals surface area contributed by atoms with Crippen molar-refractivity contribution in [3.05, 3.63) is 86.4 Å². The number of halogens is 1. The maximum absolute atomic E-state index is 10.6. The van der Waals surface area contributed by atoms with E-state index in [1.807, 2.05) is 18.2 Å². The maximum Gasteiger partial charge on any atom is 0.269 e. The molecule has 0 spiro atoms. The van der Waals surface area contributed by atoms with Gasteiger partial charge in [0.2, 0.25) is 0 Å². The lowest BCUT2D eigenvalue weighted by atomic mass is 10.1. The molecule has 3 nitrogen and oxygen atoms in total. The summed E-state index contributed by atoms with van der Waals surface area (Å²) in [5, 5.41) is 13.0. The van der Waals surface area contributed by atoms with Crippen molar-refractivity contribution in [1.29, 1.82) is 0 Å². The van der Waals surface area contributed by atoms with Crippen LogP contribution in [0.25, 0.3) is 22.9 Å². The molecule has 4 heteroatoms. The van der Waals surface area contributed by atoms with Crippen LogP contribution < -0.4 is 0 Å². The number of rotatable bonds is 3. The largest absolute Gasteiger partial charge is 0.269 e. The molecule has 0 aliphatic carbocycles. The summed E-state index contributed by atoms with van der Waals surface area (Å²) in [5.41, 5.74) is 2.13. The molecule has 0 N–H and O–H groups in total. The molecule has 0 fully saturated rings. The number of hydrogen-bond donors (Lipinski definition) is 0. The Bertz CT molecular complexity index is 870. The second kappa shape index (κ2) is 6.12. The molecule has 0 saturated carbocycles. The van der Waals surface area contributed by atoms with Gasteiger partial charge < -0.3 is 0 Å². The summed E-state index contributed by atoms with van der Waals surface area (Å²) in [5.74, 6) is 0. The van der Waals surface area contributed by atoms with Gasteiger partial charge in [0.05, 0.1) is 4.92 Å². The Balaban J connectivity index is 1.85. The molecule has 3 aromatic rings. The molecule has 0 heterocycles. The summed E-state index contributed by atoms with van der Waals surface area (Å²) in [6, 6.07) is 18.9.